The van der Waals surface area contributed by atoms with Gasteiger partial charge in [0.25, 0.3) is 0 Å². The molecule has 0 radical (unpaired) electrons. The van der Waals surface area contributed by atoms with Crippen molar-refractivity contribution in [1.82, 2.24) is 25.3 Å². The first-order valence-electron chi connectivity index (χ1n) is 5.85. The van der Waals surface area contributed by atoms with Crippen LogP contribution >= 0.6 is 15.9 Å². The zero-order valence-corrected chi connectivity index (χ0v) is 12.3. The van der Waals surface area contributed by atoms with Crippen LogP contribution < -0.4 is 5.32 Å². The van der Waals surface area contributed by atoms with Gasteiger partial charge in [-0.15, -0.1) is 5.10 Å². The quantitative estimate of drug-likeness (QED) is 0.938. The van der Waals surface area contributed by atoms with Crippen LogP contribution in [0.1, 0.15) is 30.0 Å². The van der Waals surface area contributed by atoms with E-state index in [1.807, 2.05) is 32.2 Å². The maximum atomic E-state index is 4.58. The molecule has 0 aromatic carbocycles. The Kier molecular flexibility index (Phi) is 4.08. The van der Waals surface area contributed by atoms with Crippen molar-refractivity contribution >= 4 is 15.9 Å². The highest BCUT2D eigenvalue weighted by Crippen LogP contribution is 2.25. The number of hydrogen-bond donors (Lipinski definition) is 1. The number of nitrogens with one attached hydrogen (secondary N) is 1. The molecule has 18 heavy (non-hydrogen) atoms. The van der Waals surface area contributed by atoms with E-state index in [0.29, 0.717) is 0 Å². The molecule has 6 heteroatoms. The van der Waals surface area contributed by atoms with Gasteiger partial charge >= 0.3 is 0 Å². The van der Waals surface area contributed by atoms with Crippen LogP contribution in [0, 0.1) is 6.92 Å². The Morgan fingerprint density at radius 2 is 2.22 bits per heavy atom. The van der Waals surface area contributed by atoms with E-state index >= 15 is 0 Å². The molecular formula is C12H16BrN5. The van der Waals surface area contributed by atoms with Crippen molar-refractivity contribution in [2.75, 3.05) is 6.54 Å². The average Bonchev–Trinajstić information content (AvgIpc) is 2.67. The first kappa shape index (κ1) is 13.2. The molecule has 2 heterocycles. The molecule has 1 atom stereocenters. The molecule has 0 saturated heterocycles. The molecular weight excluding hydrogens is 294 g/mol. The van der Waals surface area contributed by atoms with E-state index in [-0.39, 0.29) is 6.04 Å². The van der Waals surface area contributed by atoms with Gasteiger partial charge in [-0.05, 0) is 41.5 Å². The van der Waals surface area contributed by atoms with Crippen LogP contribution in [0.4, 0.5) is 0 Å². The van der Waals surface area contributed by atoms with Crippen molar-refractivity contribution in [3.8, 4) is 0 Å². The van der Waals surface area contributed by atoms with Gasteiger partial charge < -0.3 is 5.32 Å². The Morgan fingerprint density at radius 1 is 1.44 bits per heavy atom. The number of rotatable bonds is 4. The van der Waals surface area contributed by atoms with E-state index in [4.69, 9.17) is 0 Å². The molecule has 0 aliphatic heterocycles. The molecule has 0 spiro atoms. The van der Waals surface area contributed by atoms with Crippen LogP contribution in [0.2, 0.25) is 0 Å². The topological polar surface area (TPSA) is 55.6 Å². The van der Waals surface area contributed by atoms with Crippen LogP contribution in [0.3, 0.4) is 0 Å². The fourth-order valence-corrected chi connectivity index (χ4v) is 2.47. The lowest BCUT2D eigenvalue weighted by Crippen LogP contribution is -2.25. The zero-order chi connectivity index (χ0) is 13.1. The smallest absolute Gasteiger partial charge is 0.153 e. The second-order valence-corrected chi connectivity index (χ2v) is 4.83. The highest BCUT2D eigenvalue weighted by Gasteiger charge is 2.22. The second kappa shape index (κ2) is 5.58. The van der Waals surface area contributed by atoms with Gasteiger partial charge in [0.15, 0.2) is 4.60 Å². The van der Waals surface area contributed by atoms with Crippen LogP contribution in [0.5, 0.6) is 0 Å². The number of aromatic nitrogens is 4. The fourth-order valence-electron chi connectivity index (χ4n) is 1.92. The first-order chi connectivity index (χ1) is 8.63. The summed E-state index contributed by atoms with van der Waals surface area (Å²) >= 11 is 3.44. The Balaban J connectivity index is 2.46. The Hall–Kier alpha value is -1.27. The van der Waals surface area contributed by atoms with Crippen molar-refractivity contribution < 1.29 is 0 Å². The number of nitrogens with zero attached hydrogens (tertiary/aromatic N) is 4. The van der Waals surface area contributed by atoms with Crippen molar-refractivity contribution in [3.05, 3.63) is 39.9 Å². The minimum absolute atomic E-state index is 0.00993. The summed E-state index contributed by atoms with van der Waals surface area (Å²) < 4.78 is 2.51. The first-order valence-corrected chi connectivity index (χ1v) is 6.64. The van der Waals surface area contributed by atoms with Gasteiger partial charge in [0.05, 0.1) is 17.4 Å². The van der Waals surface area contributed by atoms with Crippen molar-refractivity contribution in [2.45, 2.75) is 19.9 Å². The summed E-state index contributed by atoms with van der Waals surface area (Å²) in [5.41, 5.74) is 2.96. The third-order valence-electron chi connectivity index (χ3n) is 2.71. The lowest BCUT2D eigenvalue weighted by atomic mass is 10.1. The van der Waals surface area contributed by atoms with Gasteiger partial charge in [-0.2, -0.15) is 0 Å². The van der Waals surface area contributed by atoms with E-state index in [2.05, 4.69) is 43.5 Å². The molecule has 0 amide bonds. The van der Waals surface area contributed by atoms with Gasteiger partial charge in [0, 0.05) is 12.7 Å². The predicted octanol–water partition coefficient (Wildman–Crippen LogP) is 1.98. The molecule has 1 unspecified atom stereocenters. The third-order valence-corrected chi connectivity index (χ3v) is 3.28. The third kappa shape index (κ3) is 2.59. The fraction of sp³-hybridized carbons (Fsp3) is 0.417. The summed E-state index contributed by atoms with van der Waals surface area (Å²) in [6.45, 7) is 4.90. The SMILES string of the molecule is CCNC(c1cccc(C)n1)c1c(Br)nnn1C. The van der Waals surface area contributed by atoms with Crippen LogP contribution in [0.25, 0.3) is 0 Å². The molecule has 0 bridgehead atoms. The normalized spacial score (nSPS) is 12.7. The van der Waals surface area contributed by atoms with Crippen LogP contribution in [-0.2, 0) is 7.05 Å². The van der Waals surface area contributed by atoms with Crippen LogP contribution in [-0.4, -0.2) is 26.5 Å². The molecule has 2 rings (SSSR count). The minimum atomic E-state index is -0.00993. The molecule has 0 saturated carbocycles. The monoisotopic (exact) mass is 309 g/mol. The van der Waals surface area contributed by atoms with Gasteiger partial charge in [0.1, 0.15) is 0 Å². The largest absolute Gasteiger partial charge is 0.304 e. The van der Waals surface area contributed by atoms with E-state index in [1.165, 1.54) is 0 Å². The highest BCUT2D eigenvalue weighted by molar-refractivity contribution is 9.10. The van der Waals surface area contributed by atoms with E-state index in [9.17, 15) is 0 Å². The van der Waals surface area contributed by atoms with Gasteiger partial charge in [0.2, 0.25) is 0 Å². The number of aryl methyl sites for hydroxylation is 2. The maximum absolute atomic E-state index is 4.58. The predicted molar refractivity (Wildman–Crippen MR) is 73.2 cm³/mol. The summed E-state index contributed by atoms with van der Waals surface area (Å²) in [4.78, 5) is 4.58. The summed E-state index contributed by atoms with van der Waals surface area (Å²) in [5, 5.41) is 11.5. The average molecular weight is 310 g/mol. The zero-order valence-electron chi connectivity index (χ0n) is 10.7. The van der Waals surface area contributed by atoms with Crippen molar-refractivity contribution in [2.24, 2.45) is 7.05 Å². The standard InChI is InChI=1S/C12H16BrN5/c1-4-14-10(9-7-5-6-8(2)15-9)11-12(13)16-17-18(11)3/h5-7,10,14H,4H2,1-3H3. The molecule has 5 nitrogen and oxygen atoms in total. The molecule has 2 aromatic heterocycles. The highest BCUT2D eigenvalue weighted by atomic mass is 79.9. The molecule has 1 N–H and O–H groups in total. The maximum Gasteiger partial charge on any atom is 0.153 e. The number of pyridine rings is 1. The van der Waals surface area contributed by atoms with Crippen molar-refractivity contribution in [3.63, 3.8) is 0 Å². The van der Waals surface area contributed by atoms with E-state index in [1.54, 1.807) is 4.68 Å². The van der Waals surface area contributed by atoms with E-state index in [0.717, 1.165) is 28.2 Å². The summed E-state index contributed by atoms with van der Waals surface area (Å²) in [6, 6.07) is 6.01. The lowest BCUT2D eigenvalue weighted by Gasteiger charge is -2.18. The summed E-state index contributed by atoms with van der Waals surface area (Å²) in [7, 11) is 1.88. The van der Waals surface area contributed by atoms with Gasteiger partial charge in [-0.25, -0.2) is 4.68 Å². The molecule has 2 aromatic rings. The van der Waals surface area contributed by atoms with Crippen molar-refractivity contribution in [1.29, 1.82) is 0 Å². The van der Waals surface area contributed by atoms with Crippen LogP contribution in [0.15, 0.2) is 22.8 Å². The molecule has 0 aliphatic rings. The van der Waals surface area contributed by atoms with Gasteiger partial charge in [-0.3, -0.25) is 4.98 Å². The molecule has 0 fully saturated rings. The van der Waals surface area contributed by atoms with Gasteiger partial charge in [-0.1, -0.05) is 18.2 Å². The number of hydrogen-bond acceptors (Lipinski definition) is 4. The number of halogens is 1. The lowest BCUT2D eigenvalue weighted by molar-refractivity contribution is 0.556. The molecule has 0 aliphatic carbocycles. The minimum Gasteiger partial charge on any atom is -0.304 e. The Bertz CT molecular complexity index is 518. The Labute approximate surface area is 115 Å². The Morgan fingerprint density at radius 3 is 2.78 bits per heavy atom. The van der Waals surface area contributed by atoms with E-state index < -0.39 is 0 Å². The summed E-state index contributed by atoms with van der Waals surface area (Å²) in [5.74, 6) is 0. The second-order valence-electron chi connectivity index (χ2n) is 4.08. The molecule has 96 valence electrons. The summed E-state index contributed by atoms with van der Waals surface area (Å²) in [6.07, 6.45) is 0.